The van der Waals surface area contributed by atoms with E-state index < -0.39 is 0 Å². The largest absolute Gasteiger partial charge is 0.338 e. The van der Waals surface area contributed by atoms with Crippen LogP contribution in [0.15, 0.2) is 48.8 Å². The summed E-state index contributed by atoms with van der Waals surface area (Å²) in [4.78, 5) is 34.0. The number of carbonyl (C=O) groups excluding carboxylic acids is 2. The molecule has 1 aromatic heterocycles. The zero-order valence-electron chi connectivity index (χ0n) is 16.3. The molecule has 4 rings (SSSR count). The Balaban J connectivity index is 1.47. The summed E-state index contributed by atoms with van der Waals surface area (Å²) in [7, 11) is 0. The molecule has 2 aromatic rings. The van der Waals surface area contributed by atoms with E-state index in [1.54, 1.807) is 11.1 Å². The molecule has 1 N–H and O–H groups in total. The highest BCUT2D eigenvalue weighted by molar-refractivity contribution is 5.94. The minimum Gasteiger partial charge on any atom is -0.338 e. The molecule has 29 heavy (non-hydrogen) atoms. The van der Waals surface area contributed by atoms with Crippen molar-refractivity contribution in [2.45, 2.75) is 18.9 Å². The highest BCUT2D eigenvalue weighted by Crippen LogP contribution is 2.27. The number of hydrogen-bond acceptors (Lipinski definition) is 4. The first-order valence-electron chi connectivity index (χ1n) is 10.1. The number of piperidine rings is 1. The topological polar surface area (TPSA) is 65.5 Å². The van der Waals surface area contributed by atoms with Gasteiger partial charge >= 0.3 is 0 Å². The Hall–Kier alpha value is -2.80. The van der Waals surface area contributed by atoms with Gasteiger partial charge in [-0.05, 0) is 48.7 Å². The number of hydrogen-bond donors (Lipinski definition) is 1. The number of pyridine rings is 1. The minimum atomic E-state index is -0.367. The van der Waals surface area contributed by atoms with Crippen LogP contribution in [0, 0.1) is 11.7 Å². The molecule has 3 heterocycles. The van der Waals surface area contributed by atoms with Gasteiger partial charge in [0.15, 0.2) is 0 Å². The van der Waals surface area contributed by atoms with Crippen molar-refractivity contribution < 1.29 is 14.0 Å². The lowest BCUT2D eigenvalue weighted by atomic mass is 9.94. The number of amides is 2. The minimum absolute atomic E-state index is 0.0480. The Morgan fingerprint density at radius 1 is 1.14 bits per heavy atom. The second-order valence-corrected chi connectivity index (χ2v) is 7.64. The van der Waals surface area contributed by atoms with Crippen molar-refractivity contribution in [3.8, 4) is 0 Å². The van der Waals surface area contributed by atoms with E-state index in [0.29, 0.717) is 31.7 Å². The number of benzene rings is 1. The second kappa shape index (κ2) is 8.69. The van der Waals surface area contributed by atoms with Gasteiger partial charge in [-0.1, -0.05) is 6.07 Å². The highest BCUT2D eigenvalue weighted by atomic mass is 19.1. The average molecular weight is 396 g/mol. The van der Waals surface area contributed by atoms with Gasteiger partial charge < -0.3 is 15.1 Å². The van der Waals surface area contributed by atoms with Gasteiger partial charge in [0.05, 0.1) is 12.0 Å². The molecule has 0 bridgehead atoms. The number of carbonyl (C=O) groups is 2. The molecule has 2 amide bonds. The standard InChI is InChI=1S/C22H25FN4O2/c23-19-7-5-16(6-8-19)21(28)26-11-2-4-18(15-26)22(29)27-12-10-25-14-20(27)17-3-1-9-24-13-17/h1,3,5-9,13,18,20,25H,2,4,10-12,14-15H2. The van der Waals surface area contributed by atoms with E-state index in [2.05, 4.69) is 10.3 Å². The molecule has 6 nitrogen and oxygen atoms in total. The van der Waals surface area contributed by atoms with Gasteiger partial charge in [-0.15, -0.1) is 0 Å². The number of nitrogens with one attached hydrogen (secondary N) is 1. The van der Waals surface area contributed by atoms with Crippen molar-refractivity contribution in [1.29, 1.82) is 0 Å². The predicted molar refractivity (Wildman–Crippen MR) is 107 cm³/mol. The van der Waals surface area contributed by atoms with Gasteiger partial charge in [0.2, 0.25) is 5.91 Å². The van der Waals surface area contributed by atoms with Crippen molar-refractivity contribution >= 4 is 11.8 Å². The molecule has 0 aliphatic carbocycles. The third-order valence-corrected chi connectivity index (χ3v) is 5.74. The molecule has 2 aliphatic heterocycles. The Morgan fingerprint density at radius 2 is 1.97 bits per heavy atom. The number of nitrogens with zero attached hydrogens (tertiary/aromatic N) is 3. The molecular formula is C22H25FN4O2. The summed E-state index contributed by atoms with van der Waals surface area (Å²) in [5, 5.41) is 3.36. The first-order chi connectivity index (χ1) is 14.1. The van der Waals surface area contributed by atoms with Gasteiger partial charge in [0.1, 0.15) is 5.82 Å². The van der Waals surface area contributed by atoms with Crippen LogP contribution in [0.4, 0.5) is 4.39 Å². The number of likely N-dealkylation sites (tertiary alicyclic amines) is 1. The number of rotatable bonds is 3. The smallest absolute Gasteiger partial charge is 0.253 e. The van der Waals surface area contributed by atoms with Crippen LogP contribution in [0.1, 0.15) is 34.8 Å². The van der Waals surface area contributed by atoms with Crippen LogP contribution >= 0.6 is 0 Å². The molecule has 2 aliphatic rings. The number of halogens is 1. The summed E-state index contributed by atoms with van der Waals surface area (Å²) >= 11 is 0. The van der Waals surface area contributed by atoms with E-state index in [0.717, 1.165) is 24.9 Å². The number of piperazine rings is 1. The van der Waals surface area contributed by atoms with E-state index in [1.165, 1.54) is 24.3 Å². The summed E-state index contributed by atoms with van der Waals surface area (Å²) in [5.41, 5.74) is 1.47. The molecule has 1 aromatic carbocycles. The lowest BCUT2D eigenvalue weighted by Crippen LogP contribution is -2.53. The summed E-state index contributed by atoms with van der Waals surface area (Å²) in [6.45, 7) is 3.11. The first kappa shape index (κ1) is 19.5. The van der Waals surface area contributed by atoms with Crippen LogP contribution in [-0.2, 0) is 4.79 Å². The monoisotopic (exact) mass is 396 g/mol. The average Bonchev–Trinajstić information content (AvgIpc) is 2.79. The Labute approximate surface area is 169 Å². The maximum absolute atomic E-state index is 13.4. The van der Waals surface area contributed by atoms with Crippen LogP contribution in [0.2, 0.25) is 0 Å². The Bertz CT molecular complexity index is 859. The van der Waals surface area contributed by atoms with Gasteiger partial charge in [-0.3, -0.25) is 14.6 Å². The van der Waals surface area contributed by atoms with Crippen molar-refractivity contribution in [3.05, 3.63) is 65.7 Å². The van der Waals surface area contributed by atoms with Crippen LogP contribution < -0.4 is 5.32 Å². The Kier molecular flexibility index (Phi) is 5.85. The summed E-state index contributed by atoms with van der Waals surface area (Å²) in [5.74, 6) is -0.637. The normalized spacial score (nSPS) is 22.4. The lowest BCUT2D eigenvalue weighted by molar-refractivity contribution is -0.140. The predicted octanol–water partition coefficient (Wildman–Crippen LogP) is 2.25. The molecule has 152 valence electrons. The SMILES string of the molecule is O=C(c1ccc(F)cc1)N1CCCC(C(=O)N2CCNCC2c2cccnc2)C1. The van der Waals surface area contributed by atoms with E-state index in [9.17, 15) is 14.0 Å². The molecule has 7 heteroatoms. The van der Waals surface area contributed by atoms with Gasteiger partial charge in [-0.2, -0.15) is 0 Å². The van der Waals surface area contributed by atoms with Crippen molar-refractivity contribution in [3.63, 3.8) is 0 Å². The first-order valence-corrected chi connectivity index (χ1v) is 10.1. The molecule has 2 atom stereocenters. The fraction of sp³-hybridized carbons (Fsp3) is 0.409. The van der Waals surface area contributed by atoms with Crippen LogP contribution in [0.5, 0.6) is 0 Å². The third-order valence-electron chi connectivity index (χ3n) is 5.74. The van der Waals surface area contributed by atoms with E-state index >= 15 is 0 Å². The molecule has 0 spiro atoms. The fourth-order valence-electron chi connectivity index (χ4n) is 4.21. The van der Waals surface area contributed by atoms with Gasteiger partial charge in [0, 0.05) is 50.7 Å². The lowest BCUT2D eigenvalue weighted by Gasteiger charge is -2.40. The quantitative estimate of drug-likeness (QED) is 0.864. The van der Waals surface area contributed by atoms with E-state index in [4.69, 9.17) is 0 Å². The molecular weight excluding hydrogens is 371 g/mol. The van der Waals surface area contributed by atoms with Crippen molar-refractivity contribution in [1.82, 2.24) is 20.1 Å². The van der Waals surface area contributed by atoms with Gasteiger partial charge in [0.25, 0.3) is 5.91 Å². The molecule has 2 fully saturated rings. The summed E-state index contributed by atoms with van der Waals surface area (Å²) < 4.78 is 13.2. The fourth-order valence-corrected chi connectivity index (χ4v) is 4.21. The Morgan fingerprint density at radius 3 is 2.72 bits per heavy atom. The van der Waals surface area contributed by atoms with Crippen LogP contribution in [-0.4, -0.2) is 59.3 Å². The molecule has 0 radical (unpaired) electrons. The van der Waals surface area contributed by atoms with E-state index in [-0.39, 0.29) is 29.6 Å². The summed E-state index contributed by atoms with van der Waals surface area (Å²) in [6, 6.07) is 9.41. The highest BCUT2D eigenvalue weighted by Gasteiger charge is 2.35. The van der Waals surface area contributed by atoms with Crippen molar-refractivity contribution in [2.24, 2.45) is 5.92 Å². The van der Waals surface area contributed by atoms with Crippen molar-refractivity contribution in [2.75, 3.05) is 32.7 Å². The zero-order valence-corrected chi connectivity index (χ0v) is 16.3. The molecule has 0 saturated carbocycles. The summed E-state index contributed by atoms with van der Waals surface area (Å²) in [6.07, 6.45) is 5.10. The third kappa shape index (κ3) is 4.29. The van der Waals surface area contributed by atoms with E-state index in [1.807, 2.05) is 23.2 Å². The number of aromatic nitrogens is 1. The zero-order chi connectivity index (χ0) is 20.2. The van der Waals surface area contributed by atoms with Crippen LogP contribution in [0.3, 0.4) is 0 Å². The maximum atomic E-state index is 13.4. The molecule has 2 unspecified atom stereocenters. The second-order valence-electron chi connectivity index (χ2n) is 7.64. The maximum Gasteiger partial charge on any atom is 0.253 e. The molecule has 2 saturated heterocycles. The van der Waals surface area contributed by atoms with Crippen LogP contribution in [0.25, 0.3) is 0 Å². The van der Waals surface area contributed by atoms with Gasteiger partial charge in [-0.25, -0.2) is 4.39 Å².